The second kappa shape index (κ2) is 5.71. The highest BCUT2D eigenvalue weighted by Crippen LogP contribution is 2.26. The van der Waals surface area contributed by atoms with Crippen LogP contribution in [0, 0.1) is 0 Å². The molecule has 0 spiro atoms. The van der Waals surface area contributed by atoms with E-state index in [-0.39, 0.29) is 0 Å². The van der Waals surface area contributed by atoms with Gasteiger partial charge in [0.05, 0.1) is 6.20 Å². The molecular formula is C12H20ClN5. The van der Waals surface area contributed by atoms with Gasteiger partial charge in [-0.15, -0.1) is 0 Å². The molecular weight excluding hydrogens is 250 g/mol. The number of hydrogen-bond acceptors (Lipinski definition) is 5. The van der Waals surface area contributed by atoms with Gasteiger partial charge in [-0.05, 0) is 26.7 Å². The first-order valence-electron chi connectivity index (χ1n) is 6.37. The van der Waals surface area contributed by atoms with E-state index >= 15 is 0 Å². The molecule has 18 heavy (non-hydrogen) atoms. The van der Waals surface area contributed by atoms with Gasteiger partial charge in [-0.1, -0.05) is 18.0 Å². The molecule has 1 saturated heterocycles. The number of nitrogens with one attached hydrogen (secondary N) is 2. The summed E-state index contributed by atoms with van der Waals surface area (Å²) in [6, 6.07) is 0.968. The average Bonchev–Trinajstić information content (AvgIpc) is 2.36. The van der Waals surface area contributed by atoms with Crippen molar-refractivity contribution in [2.24, 2.45) is 0 Å². The second-order valence-corrected chi connectivity index (χ2v) is 5.20. The lowest BCUT2D eigenvalue weighted by Crippen LogP contribution is -2.47. The number of hydrazine groups is 1. The summed E-state index contributed by atoms with van der Waals surface area (Å²) in [6.45, 7) is 4.44. The lowest BCUT2D eigenvalue weighted by Gasteiger charge is -2.39. The Morgan fingerprint density at radius 1 is 1.33 bits per heavy atom. The van der Waals surface area contributed by atoms with E-state index < -0.39 is 0 Å². The molecule has 100 valence electrons. The summed E-state index contributed by atoms with van der Waals surface area (Å²) in [6.07, 6.45) is 5.28. The Balaban J connectivity index is 2.16. The van der Waals surface area contributed by atoms with Crippen LogP contribution in [0.15, 0.2) is 6.20 Å². The van der Waals surface area contributed by atoms with Crippen LogP contribution in [0.3, 0.4) is 0 Å². The van der Waals surface area contributed by atoms with E-state index in [4.69, 9.17) is 11.6 Å². The highest BCUT2D eigenvalue weighted by atomic mass is 35.5. The standard InChI is InChI=1S/C12H20ClN5/c1-8-5-4-6-9(2)18(8)17-11-10(13)7-15-12(14-3)16-11/h7-9H,4-6H2,1-3H3,(H2,14,15,16,17). The minimum absolute atomic E-state index is 0.484. The molecule has 1 aliphatic rings. The Morgan fingerprint density at radius 2 is 2.00 bits per heavy atom. The molecule has 1 fully saturated rings. The Bertz CT molecular complexity index is 401. The fourth-order valence-corrected chi connectivity index (χ4v) is 2.46. The van der Waals surface area contributed by atoms with Gasteiger partial charge in [0.15, 0.2) is 5.82 Å². The zero-order valence-electron chi connectivity index (χ0n) is 11.1. The number of rotatable bonds is 3. The fraction of sp³-hybridized carbons (Fsp3) is 0.667. The number of aromatic nitrogens is 2. The molecule has 2 atom stereocenters. The van der Waals surface area contributed by atoms with Crippen LogP contribution in [0.5, 0.6) is 0 Å². The maximum atomic E-state index is 6.13. The van der Waals surface area contributed by atoms with Crippen LogP contribution in [-0.2, 0) is 0 Å². The van der Waals surface area contributed by atoms with Crippen molar-refractivity contribution in [3.8, 4) is 0 Å². The minimum Gasteiger partial charge on any atom is -0.357 e. The Labute approximate surface area is 113 Å². The first-order valence-corrected chi connectivity index (χ1v) is 6.75. The highest BCUT2D eigenvalue weighted by Gasteiger charge is 2.25. The summed E-state index contributed by atoms with van der Waals surface area (Å²) < 4.78 is 0. The summed E-state index contributed by atoms with van der Waals surface area (Å²) in [5.74, 6) is 1.23. The topological polar surface area (TPSA) is 53.1 Å². The molecule has 0 aliphatic carbocycles. The van der Waals surface area contributed by atoms with Gasteiger partial charge in [0.1, 0.15) is 5.02 Å². The minimum atomic E-state index is 0.484. The largest absolute Gasteiger partial charge is 0.357 e. The van der Waals surface area contributed by atoms with Crippen LogP contribution in [0.4, 0.5) is 11.8 Å². The summed E-state index contributed by atoms with van der Waals surface area (Å²) in [5, 5.41) is 5.69. The third kappa shape index (κ3) is 2.84. The number of hydrogen-bond donors (Lipinski definition) is 2. The smallest absolute Gasteiger partial charge is 0.224 e. The van der Waals surface area contributed by atoms with Gasteiger partial charge >= 0.3 is 0 Å². The van der Waals surface area contributed by atoms with Gasteiger partial charge in [-0.3, -0.25) is 0 Å². The van der Waals surface area contributed by atoms with E-state index in [1.54, 1.807) is 13.2 Å². The van der Waals surface area contributed by atoms with Gasteiger partial charge in [0, 0.05) is 19.1 Å². The van der Waals surface area contributed by atoms with Gasteiger partial charge in [0.2, 0.25) is 5.95 Å². The van der Waals surface area contributed by atoms with E-state index in [0.717, 1.165) is 0 Å². The molecule has 0 aromatic carbocycles. The van der Waals surface area contributed by atoms with Gasteiger partial charge in [-0.25, -0.2) is 9.99 Å². The molecule has 0 radical (unpaired) electrons. The van der Waals surface area contributed by atoms with E-state index in [1.807, 2.05) is 0 Å². The summed E-state index contributed by atoms with van der Waals surface area (Å²) >= 11 is 6.13. The van der Waals surface area contributed by atoms with Gasteiger partial charge in [-0.2, -0.15) is 4.98 Å². The molecule has 0 bridgehead atoms. The SMILES string of the molecule is CNc1ncc(Cl)c(NN2C(C)CCCC2C)n1. The van der Waals surface area contributed by atoms with Crippen molar-refractivity contribution in [2.75, 3.05) is 17.8 Å². The highest BCUT2D eigenvalue weighted by molar-refractivity contribution is 6.32. The van der Waals surface area contributed by atoms with Crippen LogP contribution < -0.4 is 10.7 Å². The molecule has 1 aromatic heterocycles. The molecule has 0 amide bonds. The molecule has 5 nitrogen and oxygen atoms in total. The second-order valence-electron chi connectivity index (χ2n) is 4.79. The van der Waals surface area contributed by atoms with Gasteiger partial charge < -0.3 is 10.7 Å². The van der Waals surface area contributed by atoms with E-state index in [1.165, 1.54) is 19.3 Å². The van der Waals surface area contributed by atoms with Crippen molar-refractivity contribution < 1.29 is 0 Å². The number of halogens is 1. The molecule has 2 rings (SSSR count). The van der Waals surface area contributed by atoms with Crippen LogP contribution in [0.25, 0.3) is 0 Å². The summed E-state index contributed by atoms with van der Waals surface area (Å²) in [4.78, 5) is 8.42. The number of anilines is 2. The van der Waals surface area contributed by atoms with E-state index in [2.05, 4.69) is 39.6 Å². The summed E-state index contributed by atoms with van der Waals surface area (Å²) in [5.41, 5.74) is 3.33. The van der Waals surface area contributed by atoms with Gasteiger partial charge in [0.25, 0.3) is 0 Å². The molecule has 6 heteroatoms. The van der Waals surface area contributed by atoms with E-state index in [9.17, 15) is 0 Å². The Kier molecular flexibility index (Phi) is 4.24. The van der Waals surface area contributed by atoms with Crippen LogP contribution in [0.1, 0.15) is 33.1 Å². The maximum Gasteiger partial charge on any atom is 0.224 e. The van der Waals surface area contributed by atoms with E-state index in [0.29, 0.717) is 28.9 Å². The monoisotopic (exact) mass is 269 g/mol. The zero-order valence-corrected chi connectivity index (χ0v) is 11.8. The zero-order chi connectivity index (χ0) is 13.1. The van der Waals surface area contributed by atoms with Crippen molar-refractivity contribution in [3.63, 3.8) is 0 Å². The third-order valence-corrected chi connectivity index (χ3v) is 3.67. The molecule has 2 N–H and O–H groups in total. The quantitative estimate of drug-likeness (QED) is 0.884. The predicted molar refractivity (Wildman–Crippen MR) is 74.8 cm³/mol. The molecule has 2 unspecified atom stereocenters. The lowest BCUT2D eigenvalue weighted by atomic mass is 10.00. The Morgan fingerprint density at radius 3 is 2.61 bits per heavy atom. The molecule has 0 saturated carbocycles. The average molecular weight is 270 g/mol. The normalized spacial score (nSPS) is 24.9. The van der Waals surface area contributed by atoms with Crippen molar-refractivity contribution in [3.05, 3.63) is 11.2 Å². The molecule has 1 aliphatic heterocycles. The fourth-order valence-electron chi connectivity index (χ4n) is 2.33. The number of nitrogens with zero attached hydrogens (tertiary/aromatic N) is 3. The molecule has 2 heterocycles. The van der Waals surface area contributed by atoms with Crippen molar-refractivity contribution in [1.29, 1.82) is 0 Å². The van der Waals surface area contributed by atoms with Crippen LogP contribution in [0.2, 0.25) is 5.02 Å². The first-order chi connectivity index (χ1) is 8.61. The van der Waals surface area contributed by atoms with Crippen molar-refractivity contribution in [2.45, 2.75) is 45.2 Å². The maximum absolute atomic E-state index is 6.13. The predicted octanol–water partition coefficient (Wildman–Crippen LogP) is 2.76. The number of piperidine rings is 1. The summed E-state index contributed by atoms with van der Waals surface area (Å²) in [7, 11) is 1.79. The van der Waals surface area contributed by atoms with Crippen molar-refractivity contribution in [1.82, 2.24) is 15.0 Å². The van der Waals surface area contributed by atoms with Crippen LogP contribution >= 0.6 is 11.6 Å². The van der Waals surface area contributed by atoms with Crippen LogP contribution in [-0.4, -0.2) is 34.1 Å². The van der Waals surface area contributed by atoms with Crippen molar-refractivity contribution >= 4 is 23.4 Å². The first kappa shape index (κ1) is 13.4. The Hall–Kier alpha value is -1.07. The third-order valence-electron chi connectivity index (χ3n) is 3.40. The molecule has 1 aromatic rings. The lowest BCUT2D eigenvalue weighted by molar-refractivity contribution is 0.135.